The van der Waals surface area contributed by atoms with Gasteiger partial charge in [-0.25, -0.2) is 4.98 Å². The van der Waals surface area contributed by atoms with Gasteiger partial charge in [0.2, 0.25) is 0 Å². The first-order valence-corrected chi connectivity index (χ1v) is 7.06. The molecular weight excluding hydrogens is 258 g/mol. The Morgan fingerprint density at radius 2 is 2.11 bits per heavy atom. The third-order valence-electron chi connectivity index (χ3n) is 2.97. The van der Waals surface area contributed by atoms with E-state index in [-0.39, 0.29) is 5.91 Å². The van der Waals surface area contributed by atoms with E-state index in [4.69, 9.17) is 0 Å². The minimum absolute atomic E-state index is 0.0831. The molecule has 1 aromatic heterocycles. The standard InChI is InChI=1S/C14H13N3OS/c1-10-8-16-11(9-15-10)14(18)17-6-7-19-13-5-3-2-4-12(13)17/h2-5,8-9H,6-7H2,1H3. The van der Waals surface area contributed by atoms with Gasteiger partial charge in [0.15, 0.2) is 0 Å². The van der Waals surface area contributed by atoms with Gasteiger partial charge in [0.05, 0.1) is 17.6 Å². The van der Waals surface area contributed by atoms with Crippen LogP contribution in [0, 0.1) is 6.92 Å². The highest BCUT2D eigenvalue weighted by Gasteiger charge is 2.24. The second-order valence-electron chi connectivity index (χ2n) is 4.32. The van der Waals surface area contributed by atoms with Crippen LogP contribution in [-0.2, 0) is 0 Å². The molecule has 2 heterocycles. The number of aromatic nitrogens is 2. The molecule has 1 aliphatic rings. The average molecular weight is 271 g/mol. The van der Waals surface area contributed by atoms with E-state index in [1.165, 1.54) is 0 Å². The highest BCUT2D eigenvalue weighted by Crippen LogP contribution is 2.34. The number of amides is 1. The Balaban J connectivity index is 1.95. The molecular formula is C14H13N3OS. The van der Waals surface area contributed by atoms with Crippen molar-refractivity contribution < 1.29 is 4.79 Å². The second kappa shape index (κ2) is 5.01. The summed E-state index contributed by atoms with van der Waals surface area (Å²) in [4.78, 5) is 23.7. The quantitative estimate of drug-likeness (QED) is 0.799. The second-order valence-corrected chi connectivity index (χ2v) is 5.45. The van der Waals surface area contributed by atoms with Crippen molar-refractivity contribution in [2.24, 2.45) is 0 Å². The highest BCUT2D eigenvalue weighted by molar-refractivity contribution is 7.99. The average Bonchev–Trinajstić information content (AvgIpc) is 2.47. The lowest BCUT2D eigenvalue weighted by Gasteiger charge is -2.28. The van der Waals surface area contributed by atoms with Crippen LogP contribution in [-0.4, -0.2) is 28.2 Å². The van der Waals surface area contributed by atoms with Gasteiger partial charge in [-0.05, 0) is 19.1 Å². The van der Waals surface area contributed by atoms with E-state index in [0.29, 0.717) is 12.2 Å². The molecule has 3 rings (SSSR count). The van der Waals surface area contributed by atoms with Crippen LogP contribution in [0.15, 0.2) is 41.6 Å². The number of hydrogen-bond acceptors (Lipinski definition) is 4. The van der Waals surface area contributed by atoms with E-state index in [9.17, 15) is 4.79 Å². The SMILES string of the molecule is Cc1cnc(C(=O)N2CCSc3ccccc32)cn1. The normalized spacial score (nSPS) is 14.1. The first-order valence-electron chi connectivity index (χ1n) is 6.08. The van der Waals surface area contributed by atoms with Crippen LogP contribution in [0.5, 0.6) is 0 Å². The highest BCUT2D eigenvalue weighted by atomic mass is 32.2. The zero-order chi connectivity index (χ0) is 13.2. The zero-order valence-corrected chi connectivity index (χ0v) is 11.4. The monoisotopic (exact) mass is 271 g/mol. The number of aryl methyl sites for hydroxylation is 1. The Hall–Kier alpha value is -1.88. The predicted molar refractivity (Wildman–Crippen MR) is 75.6 cm³/mol. The molecule has 0 saturated carbocycles. The van der Waals surface area contributed by atoms with Crippen molar-refractivity contribution >= 4 is 23.4 Å². The molecule has 0 atom stereocenters. The minimum atomic E-state index is -0.0831. The summed E-state index contributed by atoms with van der Waals surface area (Å²) in [5.74, 6) is 0.822. The van der Waals surface area contributed by atoms with Gasteiger partial charge in [-0.2, -0.15) is 0 Å². The molecule has 0 unspecified atom stereocenters. The lowest BCUT2D eigenvalue weighted by molar-refractivity contribution is 0.0982. The number of carbonyl (C=O) groups is 1. The lowest BCUT2D eigenvalue weighted by Crippen LogP contribution is -2.36. The van der Waals surface area contributed by atoms with E-state index in [1.54, 1.807) is 29.1 Å². The van der Waals surface area contributed by atoms with Crippen molar-refractivity contribution in [3.8, 4) is 0 Å². The molecule has 0 N–H and O–H groups in total. The van der Waals surface area contributed by atoms with Gasteiger partial charge in [0.1, 0.15) is 5.69 Å². The van der Waals surface area contributed by atoms with Crippen molar-refractivity contribution in [1.82, 2.24) is 9.97 Å². The van der Waals surface area contributed by atoms with E-state index in [2.05, 4.69) is 9.97 Å². The van der Waals surface area contributed by atoms with E-state index in [1.807, 2.05) is 31.2 Å². The van der Waals surface area contributed by atoms with Crippen LogP contribution in [0.4, 0.5) is 5.69 Å². The fraction of sp³-hybridized carbons (Fsp3) is 0.214. The molecule has 19 heavy (non-hydrogen) atoms. The van der Waals surface area contributed by atoms with Gasteiger partial charge in [0, 0.05) is 23.4 Å². The number of para-hydroxylation sites is 1. The maximum Gasteiger partial charge on any atom is 0.278 e. The first kappa shape index (κ1) is 12.2. The summed E-state index contributed by atoms with van der Waals surface area (Å²) < 4.78 is 0. The summed E-state index contributed by atoms with van der Waals surface area (Å²) in [7, 11) is 0. The number of hydrogen-bond donors (Lipinski definition) is 0. The summed E-state index contributed by atoms with van der Waals surface area (Å²) in [6.45, 7) is 2.56. The molecule has 2 aromatic rings. The predicted octanol–water partition coefficient (Wildman–Crippen LogP) is 2.54. The van der Waals surface area contributed by atoms with Gasteiger partial charge in [0.25, 0.3) is 5.91 Å². The van der Waals surface area contributed by atoms with E-state index < -0.39 is 0 Å². The van der Waals surface area contributed by atoms with Crippen molar-refractivity contribution in [1.29, 1.82) is 0 Å². The first-order chi connectivity index (χ1) is 9.25. The number of carbonyl (C=O) groups excluding carboxylic acids is 1. The van der Waals surface area contributed by atoms with Crippen LogP contribution < -0.4 is 4.90 Å². The third-order valence-corrected chi connectivity index (χ3v) is 4.02. The van der Waals surface area contributed by atoms with Crippen molar-refractivity contribution in [3.63, 3.8) is 0 Å². The van der Waals surface area contributed by atoms with Crippen molar-refractivity contribution in [2.75, 3.05) is 17.2 Å². The Kier molecular flexibility index (Phi) is 3.21. The van der Waals surface area contributed by atoms with Crippen molar-refractivity contribution in [3.05, 3.63) is 48.0 Å². The van der Waals surface area contributed by atoms with Crippen LogP contribution >= 0.6 is 11.8 Å². The Morgan fingerprint density at radius 1 is 1.26 bits per heavy atom. The molecule has 5 heteroatoms. The molecule has 0 spiro atoms. The smallest absolute Gasteiger partial charge is 0.278 e. The number of thioether (sulfide) groups is 1. The molecule has 1 amide bonds. The molecule has 1 aliphatic heterocycles. The van der Waals surface area contributed by atoms with E-state index >= 15 is 0 Å². The fourth-order valence-corrected chi connectivity index (χ4v) is 3.02. The zero-order valence-electron chi connectivity index (χ0n) is 10.5. The maximum absolute atomic E-state index is 12.5. The molecule has 0 aliphatic carbocycles. The van der Waals surface area contributed by atoms with E-state index in [0.717, 1.165) is 22.0 Å². The maximum atomic E-state index is 12.5. The third kappa shape index (κ3) is 2.33. The molecule has 0 fully saturated rings. The summed E-state index contributed by atoms with van der Waals surface area (Å²) in [6.07, 6.45) is 3.17. The fourth-order valence-electron chi connectivity index (χ4n) is 2.02. The Labute approximate surface area is 115 Å². The summed E-state index contributed by atoms with van der Waals surface area (Å²) >= 11 is 1.78. The number of rotatable bonds is 1. The molecule has 1 aromatic carbocycles. The number of fused-ring (bicyclic) bond motifs is 1. The minimum Gasteiger partial charge on any atom is -0.305 e. The molecule has 0 radical (unpaired) electrons. The van der Waals surface area contributed by atoms with Crippen LogP contribution in [0.1, 0.15) is 16.2 Å². The summed E-state index contributed by atoms with van der Waals surface area (Å²) in [6, 6.07) is 7.96. The van der Waals surface area contributed by atoms with Gasteiger partial charge in [-0.1, -0.05) is 12.1 Å². The summed E-state index contributed by atoms with van der Waals surface area (Å²) in [5.41, 5.74) is 2.17. The largest absolute Gasteiger partial charge is 0.305 e. The number of nitrogens with zero attached hydrogens (tertiary/aromatic N) is 3. The van der Waals surface area contributed by atoms with Crippen molar-refractivity contribution in [2.45, 2.75) is 11.8 Å². The number of anilines is 1. The van der Waals surface area contributed by atoms with Gasteiger partial charge < -0.3 is 4.90 Å². The topological polar surface area (TPSA) is 46.1 Å². The van der Waals surface area contributed by atoms with Gasteiger partial charge >= 0.3 is 0 Å². The van der Waals surface area contributed by atoms with Gasteiger partial charge in [-0.3, -0.25) is 9.78 Å². The van der Waals surface area contributed by atoms with Gasteiger partial charge in [-0.15, -0.1) is 11.8 Å². The molecule has 0 bridgehead atoms. The van der Waals surface area contributed by atoms with Crippen LogP contribution in [0.2, 0.25) is 0 Å². The Morgan fingerprint density at radius 3 is 2.89 bits per heavy atom. The molecule has 4 nitrogen and oxygen atoms in total. The van der Waals surface area contributed by atoms with Crippen LogP contribution in [0.3, 0.4) is 0 Å². The molecule has 96 valence electrons. The summed E-state index contributed by atoms with van der Waals surface area (Å²) in [5, 5.41) is 0. The molecule has 0 saturated heterocycles. The Bertz CT molecular complexity index is 612. The lowest BCUT2D eigenvalue weighted by atomic mass is 10.2. The number of benzene rings is 1. The van der Waals surface area contributed by atoms with Crippen LogP contribution in [0.25, 0.3) is 0 Å².